The lowest BCUT2D eigenvalue weighted by Crippen LogP contribution is -2.57. The van der Waals surface area contributed by atoms with Crippen molar-refractivity contribution in [2.75, 3.05) is 40.6 Å². The Morgan fingerprint density at radius 3 is 1.83 bits per heavy atom. The second-order valence-corrected chi connectivity index (χ2v) is 13.1. The summed E-state index contributed by atoms with van der Waals surface area (Å²) in [5.74, 6) is 3.96. The molecule has 3 atom stereocenters. The first-order valence-corrected chi connectivity index (χ1v) is 18.2. The molecule has 0 heterocycles. The number of nitrogens with one attached hydrogen (secondary N) is 1. The van der Waals surface area contributed by atoms with Crippen LogP contribution in [0.1, 0.15) is 61.6 Å². The maximum absolute atomic E-state index is 13.1. The number of esters is 1. The van der Waals surface area contributed by atoms with Crippen LogP contribution in [-0.2, 0) is 43.6 Å². The van der Waals surface area contributed by atoms with Gasteiger partial charge in [-0.15, -0.1) is 11.8 Å². The molecular formula is C42H49NO10. The third-order valence-corrected chi connectivity index (χ3v) is 9.87. The first-order chi connectivity index (χ1) is 25.8. The van der Waals surface area contributed by atoms with Crippen LogP contribution in [0.5, 0.6) is 0 Å². The van der Waals surface area contributed by atoms with Gasteiger partial charge in [0.25, 0.3) is 0 Å². The van der Waals surface area contributed by atoms with Crippen LogP contribution in [0.2, 0.25) is 0 Å². The van der Waals surface area contributed by atoms with Crippen LogP contribution in [0.25, 0.3) is 0 Å². The molecule has 2 aliphatic rings. The van der Waals surface area contributed by atoms with E-state index in [1.807, 2.05) is 91.0 Å². The Bertz CT molecular complexity index is 1550. The van der Waals surface area contributed by atoms with E-state index in [4.69, 9.17) is 28.4 Å². The number of alkyl carbamates (subject to hydrolysis) is 1. The maximum Gasteiger partial charge on any atom is 0.407 e. The van der Waals surface area contributed by atoms with Crippen molar-refractivity contribution >= 4 is 18.0 Å². The number of hydrogen-bond acceptors (Lipinski definition) is 9. The van der Waals surface area contributed by atoms with Gasteiger partial charge in [0.05, 0.1) is 26.1 Å². The number of carbonyl (C=O) groups excluding carboxylic acids is 2. The summed E-state index contributed by atoms with van der Waals surface area (Å²) in [6.07, 6.45) is 1.74. The molecule has 2 N–H and O–H groups in total. The summed E-state index contributed by atoms with van der Waals surface area (Å²) in [6.45, 7) is 0.621. The highest BCUT2D eigenvalue weighted by molar-refractivity contribution is 5.76. The number of methoxy groups -OCH3 is 2. The number of carboxylic acids is 1. The summed E-state index contributed by atoms with van der Waals surface area (Å²) in [7, 11) is 2.74. The Kier molecular flexibility index (Phi) is 14.4. The fourth-order valence-electron chi connectivity index (χ4n) is 7.10. The lowest BCUT2D eigenvalue weighted by atomic mass is 9.80. The van der Waals surface area contributed by atoms with Gasteiger partial charge in [-0.3, -0.25) is 9.59 Å². The zero-order chi connectivity index (χ0) is 37.5. The number of fused-ring (bicyclic) bond motifs is 1. The number of rotatable bonds is 20. The SMILES string of the molecule is COC(OC)(OC(c1ccccc1)(c1ccccc1)c1ccccc1)C(COCCCNC(=O)OCC1C2CCC#CCCC21)OC(=O)CCC(=O)O. The first kappa shape index (κ1) is 39.5. The molecule has 3 aromatic rings. The largest absolute Gasteiger partial charge is 0.481 e. The highest BCUT2D eigenvalue weighted by Crippen LogP contribution is 2.52. The topological polar surface area (TPSA) is 139 Å². The highest BCUT2D eigenvalue weighted by atomic mass is 16.9. The van der Waals surface area contributed by atoms with E-state index >= 15 is 0 Å². The molecule has 0 spiro atoms. The van der Waals surface area contributed by atoms with E-state index in [1.54, 1.807) is 0 Å². The Balaban J connectivity index is 1.29. The van der Waals surface area contributed by atoms with Crippen molar-refractivity contribution in [2.45, 2.75) is 62.6 Å². The van der Waals surface area contributed by atoms with Crippen LogP contribution in [0.15, 0.2) is 91.0 Å². The molecule has 1 fully saturated rings. The summed E-state index contributed by atoms with van der Waals surface area (Å²) < 4.78 is 36.5. The molecule has 2 aliphatic carbocycles. The van der Waals surface area contributed by atoms with Crippen LogP contribution in [0.3, 0.4) is 0 Å². The van der Waals surface area contributed by atoms with Crippen molar-refractivity contribution < 1.29 is 47.9 Å². The zero-order valence-electron chi connectivity index (χ0n) is 30.4. The number of hydrogen-bond donors (Lipinski definition) is 2. The average Bonchev–Trinajstić information content (AvgIpc) is 3.84. The molecule has 0 radical (unpaired) electrons. The smallest absolute Gasteiger partial charge is 0.407 e. The van der Waals surface area contributed by atoms with Gasteiger partial charge < -0.3 is 38.8 Å². The second-order valence-electron chi connectivity index (χ2n) is 13.1. The maximum atomic E-state index is 13.1. The predicted octanol–water partition coefficient (Wildman–Crippen LogP) is 6.29. The van der Waals surface area contributed by atoms with E-state index in [0.717, 1.165) is 42.4 Å². The fraction of sp³-hybridized carbons (Fsp3) is 0.452. The van der Waals surface area contributed by atoms with Crippen molar-refractivity contribution in [3.8, 4) is 11.8 Å². The molecule has 282 valence electrons. The molecule has 0 aliphatic heterocycles. The fourth-order valence-corrected chi connectivity index (χ4v) is 7.10. The van der Waals surface area contributed by atoms with Gasteiger partial charge in [-0.1, -0.05) is 91.0 Å². The lowest BCUT2D eigenvalue weighted by Gasteiger charge is -2.45. The van der Waals surface area contributed by atoms with Gasteiger partial charge in [0.1, 0.15) is 5.60 Å². The summed E-state index contributed by atoms with van der Waals surface area (Å²) in [5, 5.41) is 12.0. The number of carboxylic acid groups (broad SMARTS) is 1. The van der Waals surface area contributed by atoms with E-state index < -0.39 is 48.6 Å². The van der Waals surface area contributed by atoms with Gasteiger partial charge in [0, 0.05) is 40.2 Å². The Morgan fingerprint density at radius 1 is 0.811 bits per heavy atom. The second kappa shape index (κ2) is 19.4. The van der Waals surface area contributed by atoms with Crippen LogP contribution in [-0.4, -0.2) is 75.8 Å². The third-order valence-electron chi connectivity index (χ3n) is 9.87. The van der Waals surface area contributed by atoms with Crippen LogP contribution < -0.4 is 5.32 Å². The third kappa shape index (κ3) is 10.2. The van der Waals surface area contributed by atoms with Crippen molar-refractivity contribution in [3.63, 3.8) is 0 Å². The number of benzene rings is 3. The predicted molar refractivity (Wildman–Crippen MR) is 195 cm³/mol. The van der Waals surface area contributed by atoms with Gasteiger partial charge in [-0.05, 0) is 53.7 Å². The van der Waals surface area contributed by atoms with Gasteiger partial charge in [-0.25, -0.2) is 4.79 Å². The van der Waals surface area contributed by atoms with Crippen molar-refractivity contribution in [3.05, 3.63) is 108 Å². The summed E-state index contributed by atoms with van der Waals surface area (Å²) in [6, 6.07) is 28.6. The van der Waals surface area contributed by atoms with Crippen LogP contribution >= 0.6 is 0 Å². The van der Waals surface area contributed by atoms with E-state index in [-0.39, 0.29) is 13.2 Å². The van der Waals surface area contributed by atoms with Crippen molar-refractivity contribution in [1.29, 1.82) is 0 Å². The molecule has 5 rings (SSSR count). The van der Waals surface area contributed by atoms with Gasteiger partial charge in [-0.2, -0.15) is 0 Å². The molecule has 53 heavy (non-hydrogen) atoms. The van der Waals surface area contributed by atoms with Crippen LogP contribution in [0.4, 0.5) is 4.79 Å². The van der Waals surface area contributed by atoms with Crippen molar-refractivity contribution in [1.82, 2.24) is 5.32 Å². The Morgan fingerprint density at radius 2 is 1.34 bits per heavy atom. The molecule has 3 unspecified atom stereocenters. The van der Waals surface area contributed by atoms with Gasteiger partial charge >= 0.3 is 24.0 Å². The molecule has 11 heteroatoms. The number of amides is 1. The molecule has 11 nitrogen and oxygen atoms in total. The zero-order valence-corrected chi connectivity index (χ0v) is 30.4. The molecule has 0 saturated heterocycles. The van der Waals surface area contributed by atoms with Gasteiger partial charge in [0.15, 0.2) is 0 Å². The van der Waals surface area contributed by atoms with Gasteiger partial charge in [0.2, 0.25) is 6.10 Å². The Labute approximate surface area is 311 Å². The molecular weight excluding hydrogens is 678 g/mol. The lowest BCUT2D eigenvalue weighted by molar-refractivity contribution is -0.422. The molecule has 0 aromatic heterocycles. The minimum absolute atomic E-state index is 0.168. The monoisotopic (exact) mass is 727 g/mol. The first-order valence-electron chi connectivity index (χ1n) is 18.2. The highest BCUT2D eigenvalue weighted by Gasteiger charge is 2.53. The van der Waals surface area contributed by atoms with E-state index in [1.165, 1.54) is 14.2 Å². The average molecular weight is 728 g/mol. The number of ether oxygens (including phenoxy) is 6. The molecule has 1 amide bonds. The molecule has 0 bridgehead atoms. The summed E-state index contributed by atoms with van der Waals surface area (Å²) in [5.41, 5.74) is 0.875. The molecule has 1 saturated carbocycles. The Hall–Kier alpha value is -4.73. The minimum Gasteiger partial charge on any atom is -0.481 e. The van der Waals surface area contributed by atoms with E-state index in [0.29, 0.717) is 37.3 Å². The normalized spacial score (nSPS) is 18.6. The summed E-state index contributed by atoms with van der Waals surface area (Å²) in [4.78, 5) is 36.8. The minimum atomic E-state index is -2.06. The number of carbonyl (C=O) groups is 3. The van der Waals surface area contributed by atoms with Crippen LogP contribution in [0, 0.1) is 29.6 Å². The van der Waals surface area contributed by atoms with E-state index in [9.17, 15) is 19.5 Å². The summed E-state index contributed by atoms with van der Waals surface area (Å²) >= 11 is 0. The van der Waals surface area contributed by atoms with E-state index in [2.05, 4.69) is 17.2 Å². The molecule has 3 aromatic carbocycles. The standard InChI is InChI=1S/C42H49NO10/c1-48-42(49-2,53-41(31-17-8-5-9-18-31,32-19-10-6-11-20-32)33-21-12-7-13-22-33)37(52-39(46)26-25-38(44)45)30-50-28-16-27-43-40(47)51-29-36-34-23-14-3-4-15-24-35(34)36/h5-13,17-22,34-37H,14-16,23-30H2,1-2H3,(H,43,47)(H,44,45). The quantitative estimate of drug-likeness (QED) is 0.0449. The van der Waals surface area contributed by atoms with Crippen molar-refractivity contribution in [2.24, 2.45) is 17.8 Å². The number of aliphatic carboxylic acids is 1.